The number of carbonyl (C=O) groups excluding carboxylic acids is 1. The summed E-state index contributed by atoms with van der Waals surface area (Å²) in [7, 11) is 0. The first-order valence-corrected chi connectivity index (χ1v) is 10.5. The van der Waals surface area contributed by atoms with Crippen molar-refractivity contribution in [1.29, 1.82) is 0 Å². The van der Waals surface area contributed by atoms with Crippen LogP contribution in [0.25, 0.3) is 10.8 Å². The van der Waals surface area contributed by atoms with E-state index in [1.165, 1.54) is 21.9 Å². The summed E-state index contributed by atoms with van der Waals surface area (Å²) in [5.74, 6) is 0.0664. The largest absolute Gasteiger partial charge is 0.325 e. The van der Waals surface area contributed by atoms with Crippen molar-refractivity contribution in [2.24, 2.45) is 0 Å². The molecule has 1 fully saturated rings. The fourth-order valence-electron chi connectivity index (χ4n) is 4.00. The van der Waals surface area contributed by atoms with Crippen LogP contribution in [-0.2, 0) is 17.8 Å². The fraction of sp³-hybridized carbons (Fsp3) is 0.320. The van der Waals surface area contributed by atoms with Gasteiger partial charge in [0.25, 0.3) is 0 Å². The summed E-state index contributed by atoms with van der Waals surface area (Å²) >= 11 is 0. The van der Waals surface area contributed by atoms with Crippen LogP contribution in [0.5, 0.6) is 0 Å². The molecule has 3 aromatic rings. The number of benzene rings is 3. The van der Waals surface area contributed by atoms with Gasteiger partial charge in [0.1, 0.15) is 0 Å². The van der Waals surface area contributed by atoms with Crippen molar-refractivity contribution in [3.63, 3.8) is 0 Å². The Labute approximate surface area is 173 Å². The summed E-state index contributed by atoms with van der Waals surface area (Å²) < 4.78 is 0. The highest BCUT2D eigenvalue weighted by atomic mass is 16.2. The highest BCUT2D eigenvalue weighted by Crippen LogP contribution is 2.20. The topological polar surface area (TPSA) is 35.6 Å². The predicted molar refractivity (Wildman–Crippen MR) is 120 cm³/mol. The zero-order valence-electron chi connectivity index (χ0n) is 17.1. The molecule has 1 heterocycles. The number of aryl methyl sites for hydroxylation is 1. The molecule has 0 atom stereocenters. The summed E-state index contributed by atoms with van der Waals surface area (Å²) in [5, 5.41) is 5.65. The van der Waals surface area contributed by atoms with Crippen molar-refractivity contribution >= 4 is 22.4 Å². The molecule has 29 heavy (non-hydrogen) atoms. The van der Waals surface area contributed by atoms with Crippen molar-refractivity contribution in [3.8, 4) is 0 Å². The van der Waals surface area contributed by atoms with E-state index in [9.17, 15) is 4.79 Å². The molecule has 4 nitrogen and oxygen atoms in total. The predicted octanol–water partition coefficient (Wildman–Crippen LogP) is 4.16. The van der Waals surface area contributed by atoms with Crippen LogP contribution in [0.15, 0.2) is 66.7 Å². The Bertz CT molecular complexity index is 954. The van der Waals surface area contributed by atoms with Crippen molar-refractivity contribution in [2.45, 2.75) is 19.9 Å². The quantitative estimate of drug-likeness (QED) is 0.690. The van der Waals surface area contributed by atoms with E-state index in [0.717, 1.165) is 44.8 Å². The van der Waals surface area contributed by atoms with Crippen LogP contribution in [0, 0.1) is 0 Å². The van der Waals surface area contributed by atoms with Gasteiger partial charge < -0.3 is 5.32 Å². The fourth-order valence-corrected chi connectivity index (χ4v) is 4.00. The van der Waals surface area contributed by atoms with Gasteiger partial charge in [-0.25, -0.2) is 0 Å². The van der Waals surface area contributed by atoms with E-state index in [4.69, 9.17) is 0 Å². The SMILES string of the molecule is CCc1ccc(NC(=O)CN2CCN(Cc3cccc4ccccc34)CC2)cc1. The van der Waals surface area contributed by atoms with Crippen molar-refractivity contribution in [1.82, 2.24) is 9.80 Å². The van der Waals surface area contributed by atoms with Crippen LogP contribution in [0.3, 0.4) is 0 Å². The van der Waals surface area contributed by atoms with Gasteiger partial charge in [0, 0.05) is 38.4 Å². The van der Waals surface area contributed by atoms with Gasteiger partial charge in [0.2, 0.25) is 5.91 Å². The molecule has 0 aliphatic carbocycles. The van der Waals surface area contributed by atoms with Crippen LogP contribution in [0.1, 0.15) is 18.1 Å². The van der Waals surface area contributed by atoms with Gasteiger partial charge in [-0.2, -0.15) is 0 Å². The normalized spacial score (nSPS) is 15.5. The number of amides is 1. The zero-order chi connectivity index (χ0) is 20.1. The van der Waals surface area contributed by atoms with Crippen molar-refractivity contribution < 1.29 is 4.79 Å². The summed E-state index contributed by atoms with van der Waals surface area (Å²) in [6.45, 7) is 7.37. The Hall–Kier alpha value is -2.69. The summed E-state index contributed by atoms with van der Waals surface area (Å²) in [6.07, 6.45) is 1.01. The number of rotatable bonds is 6. The molecule has 0 aromatic heterocycles. The zero-order valence-corrected chi connectivity index (χ0v) is 17.1. The number of fused-ring (bicyclic) bond motifs is 1. The van der Waals surface area contributed by atoms with Gasteiger partial charge in [-0.15, -0.1) is 0 Å². The maximum atomic E-state index is 12.4. The number of anilines is 1. The second-order valence-corrected chi connectivity index (χ2v) is 7.79. The molecule has 3 aromatic carbocycles. The van der Waals surface area contributed by atoms with E-state index in [2.05, 4.69) is 76.6 Å². The number of carbonyl (C=O) groups is 1. The van der Waals surface area contributed by atoms with Gasteiger partial charge in [0.15, 0.2) is 0 Å². The molecule has 4 heteroatoms. The van der Waals surface area contributed by atoms with Gasteiger partial charge in [-0.1, -0.05) is 61.5 Å². The van der Waals surface area contributed by atoms with E-state index >= 15 is 0 Å². The second kappa shape index (κ2) is 9.21. The molecule has 1 aliphatic heterocycles. The lowest BCUT2D eigenvalue weighted by atomic mass is 10.0. The molecule has 1 aliphatic rings. The van der Waals surface area contributed by atoms with Gasteiger partial charge in [0.05, 0.1) is 6.54 Å². The second-order valence-electron chi connectivity index (χ2n) is 7.79. The molecular weight excluding hydrogens is 358 g/mol. The molecule has 0 unspecified atom stereocenters. The van der Waals surface area contributed by atoms with Crippen LogP contribution in [0.2, 0.25) is 0 Å². The number of nitrogens with zero attached hydrogens (tertiary/aromatic N) is 2. The van der Waals surface area contributed by atoms with Crippen molar-refractivity contribution in [3.05, 3.63) is 77.9 Å². The van der Waals surface area contributed by atoms with Gasteiger partial charge >= 0.3 is 0 Å². The highest BCUT2D eigenvalue weighted by Gasteiger charge is 2.19. The van der Waals surface area contributed by atoms with Crippen LogP contribution >= 0.6 is 0 Å². The minimum atomic E-state index is 0.0664. The lowest BCUT2D eigenvalue weighted by Crippen LogP contribution is -2.48. The third kappa shape index (κ3) is 5.03. The molecule has 0 spiro atoms. The molecule has 150 valence electrons. The summed E-state index contributed by atoms with van der Waals surface area (Å²) in [4.78, 5) is 17.1. The monoisotopic (exact) mass is 387 g/mol. The van der Waals surface area contributed by atoms with E-state index in [0.29, 0.717) is 6.54 Å². The minimum Gasteiger partial charge on any atom is -0.325 e. The van der Waals surface area contributed by atoms with Gasteiger partial charge in [-0.05, 0) is 40.5 Å². The Morgan fingerprint density at radius 2 is 1.55 bits per heavy atom. The first kappa shape index (κ1) is 19.6. The number of hydrogen-bond acceptors (Lipinski definition) is 3. The number of hydrogen-bond donors (Lipinski definition) is 1. The number of piperazine rings is 1. The maximum Gasteiger partial charge on any atom is 0.238 e. The molecule has 1 N–H and O–H groups in total. The van der Waals surface area contributed by atoms with Gasteiger partial charge in [-0.3, -0.25) is 14.6 Å². The standard InChI is InChI=1S/C25H29N3O/c1-2-20-10-12-23(13-11-20)26-25(29)19-28-16-14-27(15-17-28)18-22-8-5-7-21-6-3-4-9-24(21)22/h3-13H,2,14-19H2,1H3,(H,26,29). The van der Waals surface area contributed by atoms with E-state index in [1.807, 2.05) is 12.1 Å². The molecule has 1 amide bonds. The highest BCUT2D eigenvalue weighted by molar-refractivity contribution is 5.92. The molecule has 0 saturated carbocycles. The Kier molecular flexibility index (Phi) is 6.23. The summed E-state index contributed by atoms with van der Waals surface area (Å²) in [5.41, 5.74) is 3.54. The number of nitrogens with one attached hydrogen (secondary N) is 1. The first-order chi connectivity index (χ1) is 14.2. The molecule has 0 radical (unpaired) electrons. The third-order valence-electron chi connectivity index (χ3n) is 5.75. The Morgan fingerprint density at radius 3 is 2.31 bits per heavy atom. The Balaban J connectivity index is 1.27. The van der Waals surface area contributed by atoms with Crippen LogP contribution in [-0.4, -0.2) is 48.4 Å². The smallest absolute Gasteiger partial charge is 0.238 e. The lowest BCUT2D eigenvalue weighted by molar-refractivity contribution is -0.117. The third-order valence-corrected chi connectivity index (χ3v) is 5.75. The first-order valence-electron chi connectivity index (χ1n) is 10.5. The van der Waals surface area contributed by atoms with Crippen LogP contribution < -0.4 is 5.32 Å². The van der Waals surface area contributed by atoms with E-state index in [1.54, 1.807) is 0 Å². The average molecular weight is 388 g/mol. The lowest BCUT2D eigenvalue weighted by Gasteiger charge is -2.34. The summed E-state index contributed by atoms with van der Waals surface area (Å²) in [6, 6.07) is 23.2. The maximum absolute atomic E-state index is 12.4. The molecule has 0 bridgehead atoms. The Morgan fingerprint density at radius 1 is 0.862 bits per heavy atom. The van der Waals surface area contributed by atoms with E-state index < -0.39 is 0 Å². The van der Waals surface area contributed by atoms with Crippen LogP contribution in [0.4, 0.5) is 5.69 Å². The molecular formula is C25H29N3O. The average Bonchev–Trinajstić information content (AvgIpc) is 2.76. The molecule has 4 rings (SSSR count). The minimum absolute atomic E-state index is 0.0664. The molecule has 1 saturated heterocycles. The van der Waals surface area contributed by atoms with E-state index in [-0.39, 0.29) is 5.91 Å². The van der Waals surface area contributed by atoms with Crippen molar-refractivity contribution in [2.75, 3.05) is 38.0 Å².